The highest BCUT2D eigenvalue weighted by Gasteiger charge is 2.43. The lowest BCUT2D eigenvalue weighted by atomic mass is 10.0. The van der Waals surface area contributed by atoms with Gasteiger partial charge in [-0.05, 0) is 32.4 Å². The summed E-state index contributed by atoms with van der Waals surface area (Å²) >= 11 is 0. The van der Waals surface area contributed by atoms with Crippen molar-refractivity contribution in [2.24, 2.45) is 5.92 Å². The van der Waals surface area contributed by atoms with Crippen LogP contribution in [-0.2, 0) is 25.7 Å². The van der Waals surface area contributed by atoms with Gasteiger partial charge >= 0.3 is 24.3 Å². The molecule has 1 aromatic heterocycles. The predicted molar refractivity (Wildman–Crippen MR) is 112 cm³/mol. The topological polar surface area (TPSA) is 129 Å². The van der Waals surface area contributed by atoms with Gasteiger partial charge in [-0.2, -0.15) is 26.3 Å². The van der Waals surface area contributed by atoms with E-state index in [0.29, 0.717) is 31.0 Å². The number of likely N-dealkylation sites (tertiary alicyclic amines) is 1. The molecule has 3 rings (SSSR count). The molecule has 3 heterocycles. The van der Waals surface area contributed by atoms with Crippen LogP contribution in [0.4, 0.5) is 26.3 Å². The van der Waals surface area contributed by atoms with Crippen LogP contribution >= 0.6 is 0 Å². The summed E-state index contributed by atoms with van der Waals surface area (Å²) in [7, 11) is 0. The van der Waals surface area contributed by atoms with Crippen molar-refractivity contribution in [3.8, 4) is 0 Å². The number of alkyl halides is 6. The molecule has 0 aliphatic carbocycles. The average molecular weight is 531 g/mol. The highest BCUT2D eigenvalue weighted by atomic mass is 19.4. The molecule has 2 fully saturated rings. The zero-order chi connectivity index (χ0) is 27.7. The molecular formula is C21H27F6N3O6. The smallest absolute Gasteiger partial charge is 0.475 e. The third-order valence-electron chi connectivity index (χ3n) is 5.16. The van der Waals surface area contributed by atoms with Crippen molar-refractivity contribution < 1.29 is 55.7 Å². The van der Waals surface area contributed by atoms with Gasteiger partial charge in [-0.3, -0.25) is 14.7 Å². The molecule has 0 saturated carbocycles. The van der Waals surface area contributed by atoms with Crippen LogP contribution in [0.15, 0.2) is 24.4 Å². The van der Waals surface area contributed by atoms with Crippen LogP contribution < -0.4 is 5.32 Å². The second kappa shape index (κ2) is 13.4. The fraction of sp³-hybridized carbons (Fsp3) is 0.619. The number of ether oxygens (including phenoxy) is 1. The van der Waals surface area contributed by atoms with E-state index in [1.807, 2.05) is 18.2 Å². The van der Waals surface area contributed by atoms with Crippen molar-refractivity contribution in [1.82, 2.24) is 15.2 Å². The Morgan fingerprint density at radius 1 is 1.08 bits per heavy atom. The first-order valence-corrected chi connectivity index (χ1v) is 10.7. The number of carboxylic acid groups (broad SMARTS) is 2. The van der Waals surface area contributed by atoms with Gasteiger partial charge in [0.05, 0.1) is 30.9 Å². The number of hydrogen-bond donors (Lipinski definition) is 3. The molecule has 0 radical (unpaired) electrons. The molecule has 15 heteroatoms. The van der Waals surface area contributed by atoms with E-state index in [0.717, 1.165) is 25.2 Å². The maximum Gasteiger partial charge on any atom is 0.490 e. The van der Waals surface area contributed by atoms with Crippen molar-refractivity contribution in [3.05, 3.63) is 30.1 Å². The molecule has 2 saturated heterocycles. The summed E-state index contributed by atoms with van der Waals surface area (Å²) < 4.78 is 69.5. The summed E-state index contributed by atoms with van der Waals surface area (Å²) in [4.78, 5) is 36.5. The van der Waals surface area contributed by atoms with Crippen molar-refractivity contribution >= 4 is 17.8 Å². The van der Waals surface area contributed by atoms with Crippen LogP contribution in [-0.4, -0.2) is 81.6 Å². The van der Waals surface area contributed by atoms with Crippen LogP contribution in [0.2, 0.25) is 0 Å². The van der Waals surface area contributed by atoms with Crippen molar-refractivity contribution in [2.45, 2.75) is 63.8 Å². The Kier molecular flexibility index (Phi) is 11.6. The van der Waals surface area contributed by atoms with Crippen LogP contribution in [0.25, 0.3) is 0 Å². The number of fused-ring (bicyclic) bond motifs is 1. The number of rotatable bonds is 5. The lowest BCUT2D eigenvalue weighted by Crippen LogP contribution is -2.32. The molecule has 9 nitrogen and oxygen atoms in total. The normalized spacial score (nSPS) is 21.5. The van der Waals surface area contributed by atoms with E-state index >= 15 is 0 Å². The summed E-state index contributed by atoms with van der Waals surface area (Å²) in [5.41, 5.74) is 0.882. The molecule has 0 bridgehead atoms. The van der Waals surface area contributed by atoms with Crippen molar-refractivity contribution in [1.29, 1.82) is 0 Å². The van der Waals surface area contributed by atoms with E-state index in [1.54, 1.807) is 6.20 Å². The fourth-order valence-electron chi connectivity index (χ4n) is 3.42. The molecule has 204 valence electrons. The minimum atomic E-state index is -5.08. The molecule has 3 N–H and O–H groups in total. The summed E-state index contributed by atoms with van der Waals surface area (Å²) in [6.45, 7) is 7.05. The molecular weight excluding hydrogens is 504 g/mol. The molecule has 36 heavy (non-hydrogen) atoms. The minimum Gasteiger partial charge on any atom is -0.475 e. The van der Waals surface area contributed by atoms with Crippen LogP contribution in [0.1, 0.15) is 32.4 Å². The lowest BCUT2D eigenvalue weighted by Gasteiger charge is -2.22. The summed E-state index contributed by atoms with van der Waals surface area (Å²) in [6, 6.07) is 6.29. The van der Waals surface area contributed by atoms with E-state index in [2.05, 4.69) is 29.0 Å². The molecule has 0 aromatic carbocycles. The Balaban J connectivity index is 0.000000383. The number of hydrogen-bond acceptors (Lipinski definition) is 6. The number of nitrogens with zero attached hydrogens (tertiary/aromatic N) is 2. The fourth-order valence-corrected chi connectivity index (χ4v) is 3.42. The maximum absolute atomic E-state index is 12.0. The van der Waals surface area contributed by atoms with E-state index in [9.17, 15) is 31.1 Å². The Morgan fingerprint density at radius 3 is 2.06 bits per heavy atom. The first-order valence-electron chi connectivity index (χ1n) is 10.7. The third kappa shape index (κ3) is 11.2. The number of carboxylic acids is 2. The van der Waals surface area contributed by atoms with Gasteiger partial charge in [0.1, 0.15) is 0 Å². The van der Waals surface area contributed by atoms with Crippen LogP contribution in [0.5, 0.6) is 0 Å². The Bertz CT molecular complexity index is 828. The first kappa shape index (κ1) is 31.1. The van der Waals surface area contributed by atoms with Gasteiger partial charge in [-0.25, -0.2) is 9.59 Å². The SMILES string of the molecule is CC(C)N1C[C@@H]2C[C@@H](CC(=O)NCc3ccccn3)O[C@@H]2C1.O=C(O)C(F)(F)F.O=C(O)C(F)(F)F. The van der Waals surface area contributed by atoms with Crippen molar-refractivity contribution in [2.75, 3.05) is 13.1 Å². The lowest BCUT2D eigenvalue weighted by molar-refractivity contribution is -0.193. The maximum atomic E-state index is 12.0. The van der Waals surface area contributed by atoms with Crippen LogP contribution in [0.3, 0.4) is 0 Å². The Labute approximate surface area is 202 Å². The standard InChI is InChI=1S/C17H25N3O2.2C2HF3O2/c1-12(2)20-10-13-7-15(22-16(13)11-20)8-17(21)19-9-14-5-3-4-6-18-14;2*3-2(4,5)1(6)7/h3-6,12-13,15-16H,7-11H2,1-2H3,(H,19,21);2*(H,6,7)/t13-,15-,16+;;/m0../s1. The van der Waals surface area contributed by atoms with Gasteiger partial charge in [0.2, 0.25) is 5.91 Å². The molecule has 3 atom stereocenters. The zero-order valence-electron chi connectivity index (χ0n) is 19.3. The van der Waals surface area contributed by atoms with Gasteiger partial charge < -0.3 is 20.3 Å². The monoisotopic (exact) mass is 531 g/mol. The predicted octanol–water partition coefficient (Wildman–Crippen LogP) is 2.85. The number of aromatic nitrogens is 1. The van der Waals surface area contributed by atoms with Gasteiger partial charge in [0.15, 0.2) is 0 Å². The van der Waals surface area contributed by atoms with Crippen molar-refractivity contribution in [3.63, 3.8) is 0 Å². The van der Waals surface area contributed by atoms with Gasteiger partial charge in [-0.1, -0.05) is 6.07 Å². The number of nitrogens with one attached hydrogen (secondary N) is 1. The third-order valence-corrected chi connectivity index (χ3v) is 5.16. The number of halogens is 6. The Hall–Kier alpha value is -2.94. The molecule has 2 aliphatic heterocycles. The highest BCUT2D eigenvalue weighted by molar-refractivity contribution is 5.76. The summed E-state index contributed by atoms with van der Waals surface area (Å²) in [6.07, 6.45) is -6.57. The second-order valence-corrected chi connectivity index (χ2v) is 8.25. The number of amides is 1. The minimum absolute atomic E-state index is 0.0522. The van der Waals surface area contributed by atoms with E-state index in [-0.39, 0.29) is 12.0 Å². The summed E-state index contributed by atoms with van der Waals surface area (Å²) in [5.74, 6) is -4.87. The quantitative estimate of drug-likeness (QED) is 0.495. The summed E-state index contributed by atoms with van der Waals surface area (Å²) in [5, 5.41) is 17.2. The van der Waals surface area contributed by atoms with Gasteiger partial charge in [0, 0.05) is 31.2 Å². The van der Waals surface area contributed by atoms with E-state index in [4.69, 9.17) is 24.5 Å². The number of carbonyl (C=O) groups excluding carboxylic acids is 1. The number of aliphatic carboxylic acids is 2. The molecule has 2 aliphatic rings. The largest absolute Gasteiger partial charge is 0.490 e. The van der Waals surface area contributed by atoms with Gasteiger partial charge in [-0.15, -0.1) is 0 Å². The van der Waals surface area contributed by atoms with E-state index < -0.39 is 24.3 Å². The number of carbonyl (C=O) groups is 3. The number of pyridine rings is 1. The molecule has 1 aromatic rings. The molecule has 0 spiro atoms. The molecule has 0 unspecified atom stereocenters. The first-order chi connectivity index (χ1) is 16.5. The Morgan fingerprint density at radius 2 is 1.64 bits per heavy atom. The van der Waals surface area contributed by atoms with Crippen LogP contribution in [0, 0.1) is 5.92 Å². The van der Waals surface area contributed by atoms with E-state index in [1.165, 1.54) is 0 Å². The highest BCUT2D eigenvalue weighted by Crippen LogP contribution is 2.34. The molecule has 1 amide bonds. The zero-order valence-corrected chi connectivity index (χ0v) is 19.3. The second-order valence-electron chi connectivity index (χ2n) is 8.25. The average Bonchev–Trinajstić information content (AvgIpc) is 3.31. The van der Waals surface area contributed by atoms with Gasteiger partial charge in [0.25, 0.3) is 0 Å².